The number of hydrogen-bond acceptors (Lipinski definition) is 2. The van der Waals surface area contributed by atoms with Gasteiger partial charge in [0.1, 0.15) is 0 Å². The number of H-pyrrole nitrogens is 1. The summed E-state index contributed by atoms with van der Waals surface area (Å²) in [7, 11) is 0. The van der Waals surface area contributed by atoms with Gasteiger partial charge in [-0.15, -0.1) is 0 Å². The number of likely N-dealkylation sites (tertiary alicyclic amines) is 1. The summed E-state index contributed by atoms with van der Waals surface area (Å²) < 4.78 is 0. The summed E-state index contributed by atoms with van der Waals surface area (Å²) in [6.07, 6.45) is 3.66. The third kappa shape index (κ3) is 2.88. The molecule has 0 aliphatic carbocycles. The van der Waals surface area contributed by atoms with Crippen LogP contribution in [0, 0.1) is 11.8 Å². The number of aromatic amines is 1. The summed E-state index contributed by atoms with van der Waals surface area (Å²) in [6, 6.07) is 7.68. The van der Waals surface area contributed by atoms with Crippen molar-refractivity contribution in [1.82, 2.24) is 9.88 Å². The number of benzene rings is 1. The number of carbonyl (C=O) groups excluding carboxylic acids is 1. The van der Waals surface area contributed by atoms with Crippen LogP contribution in [-0.4, -0.2) is 34.9 Å². The van der Waals surface area contributed by atoms with E-state index in [0.29, 0.717) is 18.3 Å². The summed E-state index contributed by atoms with van der Waals surface area (Å²) in [5, 5.41) is 1.16. The first-order valence-corrected chi connectivity index (χ1v) is 8.15. The molecule has 3 N–H and O–H groups in total. The van der Waals surface area contributed by atoms with Crippen LogP contribution in [0.4, 0.5) is 0 Å². The van der Waals surface area contributed by atoms with Gasteiger partial charge in [-0.25, -0.2) is 0 Å². The molecule has 0 bridgehead atoms. The number of carbonyl (C=O) groups is 1. The van der Waals surface area contributed by atoms with E-state index < -0.39 is 6.04 Å². The number of amides is 1. The number of fused-ring (bicyclic) bond motifs is 1. The van der Waals surface area contributed by atoms with E-state index in [-0.39, 0.29) is 5.91 Å². The maximum absolute atomic E-state index is 12.6. The summed E-state index contributed by atoms with van der Waals surface area (Å²) in [5.74, 6) is 1.33. The van der Waals surface area contributed by atoms with E-state index in [4.69, 9.17) is 5.73 Å². The average Bonchev–Trinajstić information content (AvgIpc) is 3.14. The second-order valence-electron chi connectivity index (χ2n) is 6.75. The molecule has 1 aliphatic heterocycles. The van der Waals surface area contributed by atoms with Gasteiger partial charge in [0.2, 0.25) is 5.91 Å². The largest absolute Gasteiger partial charge is 0.361 e. The van der Waals surface area contributed by atoms with Crippen LogP contribution in [0.2, 0.25) is 0 Å². The molecule has 1 fully saturated rings. The molecule has 1 aliphatic rings. The monoisotopic (exact) mass is 299 g/mol. The van der Waals surface area contributed by atoms with Crippen LogP contribution in [0.1, 0.15) is 25.8 Å². The molecule has 0 saturated carbocycles. The van der Waals surface area contributed by atoms with E-state index >= 15 is 0 Å². The Balaban J connectivity index is 1.67. The minimum absolute atomic E-state index is 0.0911. The topological polar surface area (TPSA) is 62.1 Å². The quantitative estimate of drug-likeness (QED) is 0.911. The smallest absolute Gasteiger partial charge is 0.239 e. The molecule has 1 unspecified atom stereocenters. The van der Waals surface area contributed by atoms with Gasteiger partial charge in [-0.2, -0.15) is 0 Å². The lowest BCUT2D eigenvalue weighted by Crippen LogP contribution is -2.44. The van der Waals surface area contributed by atoms with Crippen molar-refractivity contribution in [2.24, 2.45) is 17.6 Å². The Morgan fingerprint density at radius 1 is 1.41 bits per heavy atom. The number of para-hydroxylation sites is 1. The van der Waals surface area contributed by atoms with Crippen LogP contribution < -0.4 is 5.73 Å². The van der Waals surface area contributed by atoms with Crippen LogP contribution in [0.5, 0.6) is 0 Å². The summed E-state index contributed by atoms with van der Waals surface area (Å²) >= 11 is 0. The number of aromatic nitrogens is 1. The van der Waals surface area contributed by atoms with Crippen molar-refractivity contribution in [1.29, 1.82) is 0 Å². The Kier molecular flexibility index (Phi) is 4.21. The van der Waals surface area contributed by atoms with Crippen LogP contribution in [0.25, 0.3) is 10.9 Å². The standard InChI is InChI=1S/C18H25N3O/c1-12(2)13-7-8-21(11-13)18(22)16(19)9-14-10-20-17-6-4-3-5-15(14)17/h3-6,10,12-13,16,20H,7-9,11,19H2,1-2H3/t13?,16-/m0/s1. The molecule has 4 nitrogen and oxygen atoms in total. The molecular weight excluding hydrogens is 274 g/mol. The van der Waals surface area contributed by atoms with Crippen LogP contribution in [-0.2, 0) is 11.2 Å². The SMILES string of the molecule is CC(C)C1CCN(C(=O)[C@@H](N)Cc2c[nH]c3ccccc23)C1. The highest BCUT2D eigenvalue weighted by Gasteiger charge is 2.30. The van der Waals surface area contributed by atoms with Crippen LogP contribution in [0.15, 0.2) is 30.5 Å². The van der Waals surface area contributed by atoms with Gasteiger partial charge in [0.15, 0.2) is 0 Å². The van der Waals surface area contributed by atoms with Crippen molar-refractivity contribution < 1.29 is 4.79 Å². The molecule has 3 rings (SSSR count). The summed E-state index contributed by atoms with van der Waals surface area (Å²) in [5.41, 5.74) is 8.41. The maximum atomic E-state index is 12.6. The van der Waals surface area contributed by atoms with Crippen molar-refractivity contribution in [3.8, 4) is 0 Å². The highest BCUT2D eigenvalue weighted by Crippen LogP contribution is 2.25. The lowest BCUT2D eigenvalue weighted by molar-refractivity contribution is -0.131. The Hall–Kier alpha value is -1.81. The first-order chi connectivity index (χ1) is 10.6. The highest BCUT2D eigenvalue weighted by molar-refractivity contribution is 5.86. The van der Waals surface area contributed by atoms with E-state index in [9.17, 15) is 4.79 Å². The lowest BCUT2D eigenvalue weighted by atomic mass is 9.95. The number of rotatable bonds is 4. The van der Waals surface area contributed by atoms with Crippen LogP contribution in [0.3, 0.4) is 0 Å². The van der Waals surface area contributed by atoms with Crippen molar-refractivity contribution in [3.05, 3.63) is 36.0 Å². The number of hydrogen-bond donors (Lipinski definition) is 2. The molecule has 2 aromatic rings. The molecule has 118 valence electrons. The molecule has 1 aromatic heterocycles. The Morgan fingerprint density at radius 3 is 2.91 bits per heavy atom. The second-order valence-corrected chi connectivity index (χ2v) is 6.75. The third-order valence-corrected chi connectivity index (χ3v) is 4.91. The van der Waals surface area contributed by atoms with E-state index in [1.54, 1.807) is 0 Å². The van der Waals surface area contributed by atoms with Gasteiger partial charge in [0.05, 0.1) is 6.04 Å². The van der Waals surface area contributed by atoms with Gasteiger partial charge in [-0.05, 0) is 36.3 Å². The maximum Gasteiger partial charge on any atom is 0.239 e. The molecule has 22 heavy (non-hydrogen) atoms. The minimum Gasteiger partial charge on any atom is -0.361 e. The van der Waals surface area contributed by atoms with Gasteiger partial charge in [-0.3, -0.25) is 4.79 Å². The zero-order chi connectivity index (χ0) is 15.7. The molecule has 0 spiro atoms. The van der Waals surface area contributed by atoms with E-state index in [1.165, 1.54) is 0 Å². The average molecular weight is 299 g/mol. The molecule has 1 saturated heterocycles. The normalized spacial score (nSPS) is 20.0. The summed E-state index contributed by atoms with van der Waals surface area (Å²) in [6.45, 7) is 6.16. The molecule has 2 atom stereocenters. The molecular formula is C18H25N3O. The predicted octanol–water partition coefficient (Wildman–Crippen LogP) is 2.54. The van der Waals surface area contributed by atoms with Gasteiger partial charge in [-0.1, -0.05) is 32.0 Å². The molecule has 4 heteroatoms. The van der Waals surface area contributed by atoms with Crippen LogP contribution >= 0.6 is 0 Å². The Labute approximate surface area is 131 Å². The summed E-state index contributed by atoms with van der Waals surface area (Å²) in [4.78, 5) is 17.8. The van der Waals surface area contributed by atoms with Crippen molar-refractivity contribution in [3.63, 3.8) is 0 Å². The number of nitrogens with zero attached hydrogens (tertiary/aromatic N) is 1. The zero-order valence-corrected chi connectivity index (χ0v) is 13.4. The minimum atomic E-state index is -0.454. The van der Waals surface area contributed by atoms with Crippen molar-refractivity contribution >= 4 is 16.8 Å². The zero-order valence-electron chi connectivity index (χ0n) is 13.4. The molecule has 1 amide bonds. The van der Waals surface area contributed by atoms with Crippen molar-refractivity contribution in [2.75, 3.05) is 13.1 Å². The molecule has 2 heterocycles. The third-order valence-electron chi connectivity index (χ3n) is 4.91. The Morgan fingerprint density at radius 2 is 2.18 bits per heavy atom. The van der Waals surface area contributed by atoms with Gasteiger partial charge < -0.3 is 15.6 Å². The van der Waals surface area contributed by atoms with Gasteiger partial charge in [0.25, 0.3) is 0 Å². The highest BCUT2D eigenvalue weighted by atomic mass is 16.2. The van der Waals surface area contributed by atoms with Gasteiger partial charge >= 0.3 is 0 Å². The van der Waals surface area contributed by atoms with E-state index in [2.05, 4.69) is 24.9 Å². The van der Waals surface area contributed by atoms with E-state index in [0.717, 1.165) is 36.0 Å². The fraction of sp³-hybridized carbons (Fsp3) is 0.500. The second kappa shape index (κ2) is 6.13. The fourth-order valence-corrected chi connectivity index (χ4v) is 3.39. The first-order valence-electron chi connectivity index (χ1n) is 8.15. The fourth-order valence-electron chi connectivity index (χ4n) is 3.39. The molecule has 0 radical (unpaired) electrons. The van der Waals surface area contributed by atoms with Gasteiger partial charge in [0, 0.05) is 30.2 Å². The van der Waals surface area contributed by atoms with E-state index in [1.807, 2.05) is 29.3 Å². The first kappa shape index (κ1) is 15.1. The predicted molar refractivity (Wildman–Crippen MR) is 89.5 cm³/mol. The lowest BCUT2D eigenvalue weighted by Gasteiger charge is -2.21. The number of nitrogens with one attached hydrogen (secondary N) is 1. The van der Waals surface area contributed by atoms with Crippen molar-refractivity contribution in [2.45, 2.75) is 32.7 Å². The molecule has 1 aromatic carbocycles. The number of nitrogens with two attached hydrogens (primary N) is 1. The Bertz CT molecular complexity index is 661.